The van der Waals surface area contributed by atoms with Gasteiger partial charge in [-0.2, -0.15) is 0 Å². The summed E-state index contributed by atoms with van der Waals surface area (Å²) in [7, 11) is 0. The minimum atomic E-state index is 0.197. The fourth-order valence-electron chi connectivity index (χ4n) is 2.30. The van der Waals surface area contributed by atoms with Crippen LogP contribution in [0.2, 0.25) is 0 Å². The molecule has 0 radical (unpaired) electrons. The van der Waals surface area contributed by atoms with Gasteiger partial charge in [-0.15, -0.1) is 0 Å². The van der Waals surface area contributed by atoms with Gasteiger partial charge in [0.05, 0.1) is 17.9 Å². The third kappa shape index (κ3) is 3.17. The van der Waals surface area contributed by atoms with Gasteiger partial charge in [-0.3, -0.25) is 4.98 Å². The first kappa shape index (κ1) is 12.3. The van der Waals surface area contributed by atoms with Gasteiger partial charge in [0.1, 0.15) is 11.9 Å². The Hall–Kier alpha value is -1.13. The maximum atomic E-state index is 6.00. The smallest absolute Gasteiger partial charge is 0.142 e. The molecule has 17 heavy (non-hydrogen) atoms. The highest BCUT2D eigenvalue weighted by Gasteiger charge is 2.26. The van der Waals surface area contributed by atoms with Gasteiger partial charge >= 0.3 is 0 Å². The SMILES string of the molecule is CC1CC(Oc2cccnc2CN)CC(C)O1. The summed E-state index contributed by atoms with van der Waals surface area (Å²) in [6.45, 7) is 4.57. The van der Waals surface area contributed by atoms with Crippen molar-refractivity contribution in [1.29, 1.82) is 0 Å². The average molecular weight is 236 g/mol. The molecule has 0 saturated carbocycles. The Morgan fingerprint density at radius 3 is 2.76 bits per heavy atom. The number of aromatic nitrogens is 1. The molecule has 1 aliphatic heterocycles. The van der Waals surface area contributed by atoms with Crippen LogP contribution in [-0.4, -0.2) is 23.3 Å². The quantitative estimate of drug-likeness (QED) is 0.870. The molecular formula is C13H20N2O2. The molecule has 1 aromatic heterocycles. The molecule has 2 atom stereocenters. The summed E-state index contributed by atoms with van der Waals surface area (Å²) >= 11 is 0. The van der Waals surface area contributed by atoms with E-state index in [0.717, 1.165) is 24.3 Å². The molecule has 2 unspecified atom stereocenters. The molecule has 1 fully saturated rings. The zero-order chi connectivity index (χ0) is 12.3. The molecule has 1 saturated heterocycles. The standard InChI is InChI=1S/C13H20N2O2/c1-9-6-11(7-10(2)16-9)17-13-4-3-5-15-12(13)8-14/h3-5,9-11H,6-8,14H2,1-2H3. The highest BCUT2D eigenvalue weighted by molar-refractivity contribution is 5.26. The zero-order valence-corrected chi connectivity index (χ0v) is 10.4. The summed E-state index contributed by atoms with van der Waals surface area (Å²) in [5.41, 5.74) is 6.46. The van der Waals surface area contributed by atoms with Crippen molar-refractivity contribution in [3.63, 3.8) is 0 Å². The third-order valence-corrected chi connectivity index (χ3v) is 2.99. The van der Waals surface area contributed by atoms with Gasteiger partial charge < -0.3 is 15.2 Å². The zero-order valence-electron chi connectivity index (χ0n) is 10.4. The summed E-state index contributed by atoms with van der Waals surface area (Å²) in [6, 6.07) is 3.81. The van der Waals surface area contributed by atoms with E-state index in [2.05, 4.69) is 18.8 Å². The van der Waals surface area contributed by atoms with E-state index >= 15 is 0 Å². The van der Waals surface area contributed by atoms with E-state index in [-0.39, 0.29) is 18.3 Å². The van der Waals surface area contributed by atoms with Crippen LogP contribution in [0.4, 0.5) is 0 Å². The Labute approximate surface area is 102 Å². The summed E-state index contributed by atoms with van der Waals surface area (Å²) in [5.74, 6) is 0.807. The van der Waals surface area contributed by atoms with E-state index in [0.29, 0.717) is 6.54 Å². The lowest BCUT2D eigenvalue weighted by molar-refractivity contribution is -0.0723. The monoisotopic (exact) mass is 236 g/mol. The molecule has 2 rings (SSSR count). The van der Waals surface area contributed by atoms with E-state index < -0.39 is 0 Å². The average Bonchev–Trinajstić information content (AvgIpc) is 2.28. The Morgan fingerprint density at radius 2 is 2.12 bits per heavy atom. The number of hydrogen-bond acceptors (Lipinski definition) is 4. The maximum absolute atomic E-state index is 6.00. The predicted molar refractivity (Wildman–Crippen MR) is 65.8 cm³/mol. The second kappa shape index (κ2) is 5.47. The summed E-state index contributed by atoms with van der Waals surface area (Å²) in [6.07, 6.45) is 4.28. The number of pyridine rings is 1. The molecule has 4 heteroatoms. The molecule has 94 valence electrons. The fourth-order valence-corrected chi connectivity index (χ4v) is 2.30. The van der Waals surface area contributed by atoms with Gasteiger partial charge in [0.2, 0.25) is 0 Å². The first-order valence-electron chi connectivity index (χ1n) is 6.15. The number of nitrogens with zero attached hydrogens (tertiary/aromatic N) is 1. The highest BCUT2D eigenvalue weighted by Crippen LogP contribution is 2.25. The van der Waals surface area contributed by atoms with Crippen LogP contribution in [0, 0.1) is 0 Å². The first-order valence-corrected chi connectivity index (χ1v) is 6.15. The lowest BCUT2D eigenvalue weighted by atomic mass is 10.0. The fraction of sp³-hybridized carbons (Fsp3) is 0.615. The van der Waals surface area contributed by atoms with Crippen molar-refractivity contribution in [2.24, 2.45) is 5.73 Å². The van der Waals surface area contributed by atoms with Crippen LogP contribution in [-0.2, 0) is 11.3 Å². The van der Waals surface area contributed by atoms with Crippen molar-refractivity contribution >= 4 is 0 Å². The second-order valence-corrected chi connectivity index (χ2v) is 4.62. The van der Waals surface area contributed by atoms with E-state index in [9.17, 15) is 0 Å². The molecule has 0 spiro atoms. The number of hydrogen-bond donors (Lipinski definition) is 1. The normalized spacial score (nSPS) is 29.0. The Kier molecular flexibility index (Phi) is 3.97. The summed E-state index contributed by atoms with van der Waals surface area (Å²) in [4.78, 5) is 4.22. The van der Waals surface area contributed by atoms with Crippen LogP contribution in [0.3, 0.4) is 0 Å². The van der Waals surface area contributed by atoms with Gasteiger partial charge in [0.15, 0.2) is 0 Å². The molecular weight excluding hydrogens is 216 g/mol. The lowest BCUT2D eigenvalue weighted by Crippen LogP contribution is -2.36. The van der Waals surface area contributed by atoms with Gasteiger partial charge in [0.25, 0.3) is 0 Å². The lowest BCUT2D eigenvalue weighted by Gasteiger charge is -2.32. The third-order valence-electron chi connectivity index (χ3n) is 2.99. The maximum Gasteiger partial charge on any atom is 0.142 e. The Bertz CT molecular complexity index is 360. The predicted octanol–water partition coefficient (Wildman–Crippen LogP) is 1.88. The number of ether oxygens (including phenoxy) is 2. The molecule has 1 aromatic rings. The van der Waals surface area contributed by atoms with Crippen LogP contribution in [0.5, 0.6) is 5.75 Å². The minimum Gasteiger partial charge on any atom is -0.488 e. The minimum absolute atomic E-state index is 0.197. The molecule has 0 aromatic carbocycles. The number of rotatable bonds is 3. The molecule has 0 amide bonds. The van der Waals surface area contributed by atoms with Crippen molar-refractivity contribution in [3.05, 3.63) is 24.0 Å². The summed E-state index contributed by atoms with van der Waals surface area (Å²) < 4.78 is 11.7. The van der Waals surface area contributed by atoms with Crippen molar-refractivity contribution in [2.45, 2.75) is 51.5 Å². The molecule has 1 aliphatic rings. The summed E-state index contributed by atoms with van der Waals surface area (Å²) in [5, 5.41) is 0. The van der Waals surface area contributed by atoms with Crippen LogP contribution in [0.15, 0.2) is 18.3 Å². The van der Waals surface area contributed by atoms with Crippen LogP contribution < -0.4 is 10.5 Å². The molecule has 2 N–H and O–H groups in total. The van der Waals surface area contributed by atoms with Crippen molar-refractivity contribution in [2.75, 3.05) is 0 Å². The number of nitrogens with two attached hydrogens (primary N) is 1. The van der Waals surface area contributed by atoms with Gasteiger partial charge in [-0.25, -0.2) is 0 Å². The van der Waals surface area contributed by atoms with E-state index in [1.54, 1.807) is 6.20 Å². The van der Waals surface area contributed by atoms with Gasteiger partial charge in [-0.05, 0) is 26.0 Å². The highest BCUT2D eigenvalue weighted by atomic mass is 16.5. The van der Waals surface area contributed by atoms with E-state index in [1.807, 2.05) is 12.1 Å². The van der Waals surface area contributed by atoms with Gasteiger partial charge in [0, 0.05) is 25.6 Å². The van der Waals surface area contributed by atoms with E-state index in [4.69, 9.17) is 15.2 Å². The first-order chi connectivity index (χ1) is 8.19. The van der Waals surface area contributed by atoms with Crippen LogP contribution in [0.1, 0.15) is 32.4 Å². The molecule has 4 nitrogen and oxygen atoms in total. The van der Waals surface area contributed by atoms with Crippen molar-refractivity contribution in [3.8, 4) is 5.75 Å². The molecule has 0 bridgehead atoms. The molecule has 2 heterocycles. The molecule has 0 aliphatic carbocycles. The largest absolute Gasteiger partial charge is 0.488 e. The Morgan fingerprint density at radius 1 is 1.41 bits per heavy atom. The topological polar surface area (TPSA) is 57.4 Å². The van der Waals surface area contributed by atoms with Gasteiger partial charge in [-0.1, -0.05) is 0 Å². The van der Waals surface area contributed by atoms with Crippen molar-refractivity contribution in [1.82, 2.24) is 4.98 Å². The van der Waals surface area contributed by atoms with Crippen molar-refractivity contribution < 1.29 is 9.47 Å². The second-order valence-electron chi connectivity index (χ2n) is 4.62. The Balaban J connectivity index is 2.04. The van der Waals surface area contributed by atoms with E-state index in [1.165, 1.54) is 0 Å². The van der Waals surface area contributed by atoms with Crippen LogP contribution >= 0.6 is 0 Å². The van der Waals surface area contributed by atoms with Crippen LogP contribution in [0.25, 0.3) is 0 Å².